The highest BCUT2D eigenvalue weighted by Crippen LogP contribution is 2.45. The largest absolute Gasteiger partial charge is 0.507 e. The molecule has 1 aliphatic rings. The normalized spacial score (nSPS) is 16.0. The number of hydrogen-bond donors (Lipinski definition) is 1. The third-order valence-corrected chi connectivity index (χ3v) is 4.72. The second-order valence-corrected chi connectivity index (χ2v) is 6.65. The molecule has 0 spiro atoms. The zero-order valence-electron chi connectivity index (χ0n) is 12.6. The van der Waals surface area contributed by atoms with E-state index in [2.05, 4.69) is 0 Å². The van der Waals surface area contributed by atoms with E-state index in [0.29, 0.717) is 29.4 Å². The third kappa shape index (κ3) is 3.29. The van der Waals surface area contributed by atoms with Crippen LogP contribution in [-0.2, 0) is 6.18 Å². The Labute approximate surface area is 140 Å². The Morgan fingerprint density at radius 2 is 1.75 bits per heavy atom. The Morgan fingerprint density at radius 3 is 2.38 bits per heavy atom. The van der Waals surface area contributed by atoms with Crippen molar-refractivity contribution in [3.63, 3.8) is 0 Å². The van der Waals surface area contributed by atoms with Gasteiger partial charge in [-0.1, -0.05) is 0 Å². The Bertz CT molecular complexity index is 749. The molecule has 0 amide bonds. The molecule has 128 valence electrons. The molecule has 3 rings (SSSR count). The topological polar surface area (TPSA) is 26.7 Å². The summed E-state index contributed by atoms with van der Waals surface area (Å²) in [6.07, 6.45) is -4.66. The molecule has 3 nitrogen and oxygen atoms in total. The highest BCUT2D eigenvalue weighted by Gasteiger charge is 2.36. The van der Waals surface area contributed by atoms with Gasteiger partial charge < -0.3 is 10.0 Å². The molecular formula is C16H14F4N2OS. The van der Waals surface area contributed by atoms with Crippen molar-refractivity contribution < 1.29 is 22.7 Å². The molecular weight excluding hydrogens is 344 g/mol. The van der Waals surface area contributed by atoms with E-state index < -0.39 is 23.3 Å². The van der Waals surface area contributed by atoms with Gasteiger partial charge in [0.15, 0.2) is 0 Å². The number of rotatable bonds is 1. The zero-order chi connectivity index (χ0) is 17.5. The highest BCUT2D eigenvalue weighted by molar-refractivity contribution is 7.97. The lowest BCUT2D eigenvalue weighted by Gasteiger charge is -2.25. The molecule has 1 heterocycles. The second kappa shape index (κ2) is 6.18. The average Bonchev–Trinajstić information content (AvgIpc) is 2.64. The van der Waals surface area contributed by atoms with Crippen LogP contribution in [0, 0.1) is 5.82 Å². The molecule has 24 heavy (non-hydrogen) atoms. The Balaban J connectivity index is 2.15. The van der Waals surface area contributed by atoms with Crippen LogP contribution in [0.25, 0.3) is 0 Å². The molecule has 2 aromatic rings. The number of likely N-dealkylation sites (N-methyl/N-ethyl adjacent to an activating group) is 1. The van der Waals surface area contributed by atoms with Gasteiger partial charge in [-0.25, -0.2) is 8.70 Å². The summed E-state index contributed by atoms with van der Waals surface area (Å²) in [5.74, 6) is -1.22. The van der Waals surface area contributed by atoms with Gasteiger partial charge in [-0.15, -0.1) is 0 Å². The molecule has 0 radical (unpaired) electrons. The van der Waals surface area contributed by atoms with E-state index in [0.717, 1.165) is 12.1 Å². The van der Waals surface area contributed by atoms with Crippen LogP contribution < -0.4 is 4.90 Å². The monoisotopic (exact) mass is 358 g/mol. The van der Waals surface area contributed by atoms with Gasteiger partial charge in [-0.2, -0.15) is 13.2 Å². The van der Waals surface area contributed by atoms with E-state index in [1.807, 2.05) is 11.4 Å². The minimum Gasteiger partial charge on any atom is -0.507 e. The highest BCUT2D eigenvalue weighted by atomic mass is 32.2. The molecule has 0 unspecified atom stereocenters. The average molecular weight is 358 g/mol. The van der Waals surface area contributed by atoms with Gasteiger partial charge in [0.1, 0.15) is 11.6 Å². The summed E-state index contributed by atoms with van der Waals surface area (Å²) in [4.78, 5) is 2.20. The summed E-state index contributed by atoms with van der Waals surface area (Å²) in [6.45, 7) is 1.02. The molecule has 0 aliphatic carbocycles. The van der Waals surface area contributed by atoms with Crippen LogP contribution in [-0.4, -0.2) is 29.5 Å². The molecule has 2 aromatic carbocycles. The molecule has 1 N–H and O–H groups in total. The quantitative estimate of drug-likeness (QED) is 0.593. The van der Waals surface area contributed by atoms with Crippen molar-refractivity contribution in [2.45, 2.75) is 11.1 Å². The van der Waals surface area contributed by atoms with Crippen LogP contribution in [0.1, 0.15) is 5.56 Å². The van der Waals surface area contributed by atoms with Crippen molar-refractivity contribution in [1.29, 1.82) is 0 Å². The number of fused-ring (bicyclic) bond motifs is 1. The third-order valence-electron chi connectivity index (χ3n) is 3.70. The molecule has 0 bridgehead atoms. The van der Waals surface area contributed by atoms with Crippen molar-refractivity contribution in [1.82, 2.24) is 4.31 Å². The predicted molar refractivity (Wildman–Crippen MR) is 85.0 cm³/mol. The number of aromatic hydroxyl groups is 1. The van der Waals surface area contributed by atoms with Crippen LogP contribution >= 0.6 is 11.9 Å². The van der Waals surface area contributed by atoms with Gasteiger partial charge in [0, 0.05) is 18.8 Å². The van der Waals surface area contributed by atoms with E-state index in [4.69, 9.17) is 0 Å². The smallest absolute Gasteiger partial charge is 0.420 e. The van der Waals surface area contributed by atoms with Gasteiger partial charge in [-0.3, -0.25) is 0 Å². The van der Waals surface area contributed by atoms with Crippen LogP contribution in [0.3, 0.4) is 0 Å². The lowest BCUT2D eigenvalue weighted by molar-refractivity contribution is -0.138. The van der Waals surface area contributed by atoms with Crippen LogP contribution in [0.5, 0.6) is 5.75 Å². The van der Waals surface area contributed by atoms with Gasteiger partial charge in [-0.05, 0) is 55.4 Å². The van der Waals surface area contributed by atoms with E-state index in [1.54, 1.807) is 4.90 Å². The maximum absolute atomic E-state index is 13.2. The summed E-state index contributed by atoms with van der Waals surface area (Å²) in [7, 11) is 1.82. The lowest BCUT2D eigenvalue weighted by atomic mass is 10.1. The Kier molecular flexibility index (Phi) is 4.35. The summed E-state index contributed by atoms with van der Waals surface area (Å²) in [6, 6.07) is 7.65. The lowest BCUT2D eigenvalue weighted by Crippen LogP contribution is -2.24. The Hall–Kier alpha value is -1.93. The molecule has 8 heteroatoms. The van der Waals surface area contributed by atoms with E-state index in [-0.39, 0.29) is 0 Å². The van der Waals surface area contributed by atoms with Gasteiger partial charge >= 0.3 is 6.18 Å². The van der Waals surface area contributed by atoms with Gasteiger partial charge in [0.05, 0.1) is 16.1 Å². The molecule has 0 atom stereocenters. The molecule has 0 aromatic heterocycles. The van der Waals surface area contributed by atoms with Crippen LogP contribution in [0.15, 0.2) is 41.3 Å². The number of nitrogens with zero attached hydrogens (tertiary/aromatic N) is 2. The van der Waals surface area contributed by atoms with Crippen molar-refractivity contribution in [2.75, 3.05) is 25.0 Å². The summed E-state index contributed by atoms with van der Waals surface area (Å²) >= 11 is 1.26. The molecule has 0 fully saturated rings. The van der Waals surface area contributed by atoms with Crippen LogP contribution in [0.4, 0.5) is 28.9 Å². The first-order valence-electron chi connectivity index (χ1n) is 7.12. The number of alkyl halides is 3. The predicted octanol–water partition coefficient (Wildman–Crippen LogP) is 4.64. The first kappa shape index (κ1) is 16.9. The fourth-order valence-corrected chi connectivity index (χ4v) is 3.47. The van der Waals surface area contributed by atoms with Crippen molar-refractivity contribution in [2.24, 2.45) is 0 Å². The van der Waals surface area contributed by atoms with Gasteiger partial charge in [0.2, 0.25) is 0 Å². The van der Waals surface area contributed by atoms with Crippen molar-refractivity contribution in [3.05, 3.63) is 47.8 Å². The number of benzene rings is 2. The number of phenolic OH excluding ortho intramolecular Hbond substituents is 1. The summed E-state index contributed by atoms with van der Waals surface area (Å²) < 4.78 is 54.4. The fraction of sp³-hybridized carbons (Fsp3) is 0.250. The van der Waals surface area contributed by atoms with Crippen molar-refractivity contribution in [3.8, 4) is 5.75 Å². The maximum atomic E-state index is 13.2. The SMILES string of the molecule is CN1CCN(c2ccc(F)cc2)c2cc(C(F)(F)F)c(O)cc2S1. The number of anilines is 2. The van der Waals surface area contributed by atoms with Gasteiger partial charge in [0.25, 0.3) is 0 Å². The second-order valence-electron chi connectivity index (χ2n) is 5.41. The number of hydrogen-bond acceptors (Lipinski definition) is 4. The Morgan fingerprint density at radius 1 is 1.08 bits per heavy atom. The number of halogens is 4. The maximum Gasteiger partial charge on any atom is 0.420 e. The molecule has 0 saturated heterocycles. The van der Waals surface area contributed by atoms with Crippen molar-refractivity contribution >= 4 is 23.3 Å². The first-order valence-corrected chi connectivity index (χ1v) is 7.89. The van der Waals surface area contributed by atoms with E-state index in [1.165, 1.54) is 36.2 Å². The minimum atomic E-state index is -4.66. The number of phenols is 1. The summed E-state index contributed by atoms with van der Waals surface area (Å²) in [5, 5.41) is 9.75. The summed E-state index contributed by atoms with van der Waals surface area (Å²) in [5.41, 5.74) is -0.160. The standard InChI is InChI=1S/C16H14F4N2OS/c1-21-6-7-22(11-4-2-10(17)3-5-11)13-8-12(16(18,19)20)14(23)9-15(13)24-21/h2-5,8-9,23H,6-7H2,1H3. The molecule has 0 saturated carbocycles. The van der Waals surface area contributed by atoms with Crippen LogP contribution in [0.2, 0.25) is 0 Å². The fourth-order valence-electron chi connectivity index (χ4n) is 2.53. The zero-order valence-corrected chi connectivity index (χ0v) is 13.5. The molecule has 1 aliphatic heterocycles. The van der Waals surface area contributed by atoms with E-state index in [9.17, 15) is 22.7 Å². The minimum absolute atomic E-state index is 0.334. The van der Waals surface area contributed by atoms with E-state index >= 15 is 0 Å². The first-order chi connectivity index (χ1) is 11.3.